The van der Waals surface area contributed by atoms with E-state index in [9.17, 15) is 14.4 Å². The van der Waals surface area contributed by atoms with E-state index in [1.807, 2.05) is 18.2 Å². The first kappa shape index (κ1) is 19.1. The van der Waals surface area contributed by atoms with Gasteiger partial charge in [0, 0.05) is 0 Å². The van der Waals surface area contributed by atoms with Crippen LogP contribution in [0.2, 0.25) is 0 Å². The molecule has 9 nitrogen and oxygen atoms in total. The second kappa shape index (κ2) is 8.82. The van der Waals surface area contributed by atoms with Gasteiger partial charge in [-0.2, -0.15) is 4.68 Å². The Labute approximate surface area is 163 Å². The minimum Gasteiger partial charge on any atom is -0.451 e. The predicted octanol–water partition coefficient (Wildman–Crippen LogP) is 1.54. The van der Waals surface area contributed by atoms with E-state index < -0.39 is 24.4 Å². The summed E-state index contributed by atoms with van der Waals surface area (Å²) in [5.74, 6) is -1.72. The normalized spacial score (nSPS) is 11.1. The van der Waals surface area contributed by atoms with Gasteiger partial charge in [0.05, 0.1) is 4.88 Å². The summed E-state index contributed by atoms with van der Waals surface area (Å²) in [7, 11) is 0. The Kier molecular flexibility index (Phi) is 6.02. The number of aromatic nitrogens is 4. The molecule has 0 bridgehead atoms. The van der Waals surface area contributed by atoms with Crippen molar-refractivity contribution >= 4 is 40.9 Å². The van der Waals surface area contributed by atoms with E-state index in [2.05, 4.69) is 20.8 Å². The molecule has 3 rings (SSSR count). The Bertz CT molecular complexity index is 1010. The van der Waals surface area contributed by atoms with Crippen molar-refractivity contribution in [2.75, 3.05) is 6.61 Å². The van der Waals surface area contributed by atoms with Crippen LogP contribution in [-0.4, -0.2) is 44.6 Å². The molecule has 28 heavy (non-hydrogen) atoms. The number of ether oxygens (including phenoxy) is 1. The predicted molar refractivity (Wildman–Crippen MR) is 101 cm³/mol. The highest BCUT2D eigenvalue weighted by Crippen LogP contribution is 2.13. The van der Waals surface area contributed by atoms with Gasteiger partial charge in [0.1, 0.15) is 0 Å². The van der Waals surface area contributed by atoms with E-state index in [1.165, 1.54) is 16.0 Å². The minimum atomic E-state index is -0.807. The minimum absolute atomic E-state index is 0.0334. The zero-order valence-electron chi connectivity index (χ0n) is 14.7. The Hall–Kier alpha value is -3.66. The van der Waals surface area contributed by atoms with Crippen molar-refractivity contribution in [3.8, 4) is 0 Å². The number of nitrogens with zero attached hydrogens (tertiary/aromatic N) is 4. The number of hydrogen-bond donors (Lipinski definition) is 1. The van der Waals surface area contributed by atoms with Crippen molar-refractivity contribution in [2.45, 2.75) is 6.92 Å². The lowest BCUT2D eigenvalue weighted by molar-refractivity contribution is -0.143. The number of esters is 1. The van der Waals surface area contributed by atoms with Crippen LogP contribution in [0.15, 0.2) is 47.8 Å². The van der Waals surface area contributed by atoms with Gasteiger partial charge in [0.2, 0.25) is 0 Å². The Morgan fingerprint density at radius 1 is 1.18 bits per heavy atom. The molecular weight excluding hydrogens is 382 g/mol. The molecule has 10 heteroatoms. The van der Waals surface area contributed by atoms with E-state index in [-0.39, 0.29) is 5.70 Å². The molecule has 0 aliphatic carbocycles. The number of benzene rings is 1. The molecule has 0 unspecified atom stereocenters. The number of hydrogen-bond acceptors (Lipinski definition) is 8. The highest BCUT2D eigenvalue weighted by molar-refractivity contribution is 7.12. The Morgan fingerprint density at radius 3 is 2.61 bits per heavy atom. The lowest BCUT2D eigenvalue weighted by Gasteiger charge is -2.09. The topological polar surface area (TPSA) is 116 Å². The summed E-state index contributed by atoms with van der Waals surface area (Å²) in [6.07, 6.45) is 1.54. The molecule has 3 aromatic rings. The number of nitrogens with one attached hydrogen (secondary N) is 1. The van der Waals surface area contributed by atoms with E-state index in [4.69, 9.17) is 4.74 Å². The van der Waals surface area contributed by atoms with Crippen molar-refractivity contribution in [3.63, 3.8) is 0 Å². The molecule has 2 aromatic heterocycles. The summed E-state index contributed by atoms with van der Waals surface area (Å²) in [6.45, 7) is 1.00. The summed E-state index contributed by atoms with van der Waals surface area (Å²) >= 11 is 1.20. The van der Waals surface area contributed by atoms with Crippen LogP contribution < -0.4 is 5.32 Å². The molecule has 0 saturated carbocycles. The van der Waals surface area contributed by atoms with Gasteiger partial charge in [0.25, 0.3) is 11.8 Å². The fourth-order valence-electron chi connectivity index (χ4n) is 2.21. The number of carbonyl (C=O) groups is 3. The number of thiophene rings is 1. The van der Waals surface area contributed by atoms with E-state index in [1.54, 1.807) is 42.6 Å². The maximum Gasteiger partial charge on any atom is 0.357 e. The van der Waals surface area contributed by atoms with Crippen LogP contribution in [0.3, 0.4) is 0 Å². The van der Waals surface area contributed by atoms with E-state index >= 15 is 0 Å². The van der Waals surface area contributed by atoms with Crippen LogP contribution in [0.25, 0.3) is 11.8 Å². The number of aryl methyl sites for hydroxylation is 1. The Morgan fingerprint density at radius 2 is 1.96 bits per heavy atom. The summed E-state index contributed by atoms with van der Waals surface area (Å²) in [5.41, 5.74) is 0.757. The first-order chi connectivity index (χ1) is 13.5. The molecule has 142 valence electrons. The molecule has 2 heterocycles. The third-order valence-corrected chi connectivity index (χ3v) is 4.37. The van der Waals surface area contributed by atoms with Crippen LogP contribution in [0, 0.1) is 6.92 Å². The SMILES string of the molecule is Cc1nnnn1/C(=C\c1ccccc1)C(=O)OCC(=O)NC(=O)c1cccs1. The van der Waals surface area contributed by atoms with Crippen LogP contribution in [-0.2, 0) is 14.3 Å². The lowest BCUT2D eigenvalue weighted by atomic mass is 10.2. The highest BCUT2D eigenvalue weighted by Gasteiger charge is 2.20. The van der Waals surface area contributed by atoms with Crippen molar-refractivity contribution < 1.29 is 19.1 Å². The first-order valence-corrected chi connectivity index (χ1v) is 8.99. The Balaban J connectivity index is 1.70. The molecule has 0 aliphatic rings. The number of tetrazole rings is 1. The average Bonchev–Trinajstić information content (AvgIpc) is 3.37. The van der Waals surface area contributed by atoms with Gasteiger partial charge in [0.15, 0.2) is 18.1 Å². The van der Waals surface area contributed by atoms with Crippen molar-refractivity contribution in [3.05, 3.63) is 64.1 Å². The first-order valence-electron chi connectivity index (χ1n) is 8.11. The van der Waals surface area contributed by atoms with Crippen LogP contribution in [0.5, 0.6) is 0 Å². The molecule has 0 saturated heterocycles. The largest absolute Gasteiger partial charge is 0.451 e. The quantitative estimate of drug-likeness (QED) is 0.495. The van der Waals surface area contributed by atoms with Crippen LogP contribution >= 0.6 is 11.3 Å². The van der Waals surface area contributed by atoms with Crippen LogP contribution in [0.4, 0.5) is 0 Å². The molecule has 0 atom stereocenters. The molecule has 1 N–H and O–H groups in total. The van der Waals surface area contributed by atoms with Crippen molar-refractivity contribution in [2.24, 2.45) is 0 Å². The van der Waals surface area contributed by atoms with Gasteiger partial charge in [-0.05, 0) is 40.4 Å². The second-order valence-corrected chi connectivity index (χ2v) is 6.46. The number of amides is 2. The van der Waals surface area contributed by atoms with Gasteiger partial charge in [-0.3, -0.25) is 14.9 Å². The molecule has 0 spiro atoms. The number of rotatable bonds is 6. The maximum absolute atomic E-state index is 12.5. The van der Waals surface area contributed by atoms with Gasteiger partial charge in [-0.15, -0.1) is 16.4 Å². The zero-order valence-corrected chi connectivity index (χ0v) is 15.5. The summed E-state index contributed by atoms with van der Waals surface area (Å²) in [6, 6.07) is 12.3. The molecule has 0 radical (unpaired) electrons. The molecule has 0 aliphatic heterocycles. The molecule has 2 amide bonds. The standard InChI is InChI=1S/C18H15N5O4S/c1-12-20-21-22-23(12)14(10-13-6-3-2-4-7-13)18(26)27-11-16(24)19-17(25)15-8-5-9-28-15/h2-10H,11H2,1H3,(H,19,24,25)/b14-10-. The monoisotopic (exact) mass is 397 g/mol. The smallest absolute Gasteiger partial charge is 0.357 e. The highest BCUT2D eigenvalue weighted by atomic mass is 32.1. The fraction of sp³-hybridized carbons (Fsp3) is 0.111. The van der Waals surface area contributed by atoms with Crippen LogP contribution in [0.1, 0.15) is 21.1 Å². The third kappa shape index (κ3) is 4.74. The van der Waals surface area contributed by atoms with Gasteiger partial charge < -0.3 is 4.74 Å². The number of carbonyl (C=O) groups excluding carboxylic acids is 3. The van der Waals surface area contributed by atoms with Crippen molar-refractivity contribution in [1.82, 2.24) is 25.5 Å². The molecule has 0 fully saturated rings. The summed E-state index contributed by atoms with van der Waals surface area (Å²) < 4.78 is 6.26. The average molecular weight is 397 g/mol. The van der Waals surface area contributed by atoms with Gasteiger partial charge in [-0.1, -0.05) is 36.4 Å². The zero-order chi connectivity index (χ0) is 19.9. The second-order valence-electron chi connectivity index (χ2n) is 5.51. The van der Waals surface area contributed by atoms with E-state index in [0.29, 0.717) is 10.7 Å². The molecule has 1 aromatic carbocycles. The fourth-order valence-corrected chi connectivity index (χ4v) is 2.82. The van der Waals surface area contributed by atoms with Crippen molar-refractivity contribution in [1.29, 1.82) is 0 Å². The van der Waals surface area contributed by atoms with E-state index in [0.717, 1.165) is 5.56 Å². The third-order valence-electron chi connectivity index (χ3n) is 3.50. The molecular formula is C18H15N5O4S. The number of imide groups is 1. The van der Waals surface area contributed by atoms with Gasteiger partial charge >= 0.3 is 5.97 Å². The van der Waals surface area contributed by atoms with Gasteiger partial charge in [-0.25, -0.2) is 4.79 Å². The lowest BCUT2D eigenvalue weighted by Crippen LogP contribution is -2.34. The summed E-state index contributed by atoms with van der Waals surface area (Å²) in [5, 5.41) is 14.9. The summed E-state index contributed by atoms with van der Waals surface area (Å²) in [4.78, 5) is 36.7. The maximum atomic E-state index is 12.5.